The molecule has 0 fully saturated rings. The Kier molecular flexibility index (Phi) is 5.24. The molecule has 0 amide bonds. The monoisotopic (exact) mass is 293 g/mol. The quantitative estimate of drug-likeness (QED) is 0.819. The summed E-state index contributed by atoms with van der Waals surface area (Å²) in [5.41, 5.74) is 1.76. The van der Waals surface area contributed by atoms with E-state index in [9.17, 15) is 4.39 Å². The molecule has 0 aromatic heterocycles. The number of hydrogen-bond acceptors (Lipinski definition) is 2. The minimum Gasteiger partial charge on any atom is -0.492 e. The molecule has 2 nitrogen and oxygen atoms in total. The minimum absolute atomic E-state index is 0.231. The maximum Gasteiger partial charge on any atom is 0.138 e. The van der Waals surface area contributed by atoms with Crippen LogP contribution in [-0.2, 0) is 6.54 Å². The van der Waals surface area contributed by atoms with Crippen molar-refractivity contribution in [2.75, 3.05) is 11.9 Å². The molecule has 0 spiro atoms. The summed E-state index contributed by atoms with van der Waals surface area (Å²) in [6, 6.07) is 12.1. The van der Waals surface area contributed by atoms with Gasteiger partial charge in [-0.25, -0.2) is 4.39 Å². The van der Waals surface area contributed by atoms with Crippen LogP contribution in [0.2, 0.25) is 5.02 Å². The molecule has 20 heavy (non-hydrogen) atoms. The molecule has 2 rings (SSSR count). The topological polar surface area (TPSA) is 21.3 Å². The fourth-order valence-electron chi connectivity index (χ4n) is 1.79. The van der Waals surface area contributed by atoms with Crippen LogP contribution in [0, 0.1) is 5.82 Å². The van der Waals surface area contributed by atoms with E-state index in [0.717, 1.165) is 17.7 Å². The number of hydrogen-bond donors (Lipinski definition) is 1. The van der Waals surface area contributed by atoms with Crippen molar-refractivity contribution in [1.29, 1.82) is 0 Å². The molecule has 0 aliphatic rings. The zero-order chi connectivity index (χ0) is 14.4. The second-order valence-corrected chi connectivity index (χ2v) is 4.88. The zero-order valence-corrected chi connectivity index (χ0v) is 12.1. The van der Waals surface area contributed by atoms with Crippen LogP contribution in [0.4, 0.5) is 10.1 Å². The van der Waals surface area contributed by atoms with Crippen LogP contribution >= 0.6 is 11.6 Å². The average Bonchev–Trinajstić information content (AvgIpc) is 2.44. The standard InChI is InChI=1S/C16H17ClFNO/c1-2-8-20-16-7-6-14(10-15(16)17)19-11-12-4-3-5-13(18)9-12/h3-7,9-10,19H,2,8,11H2,1H3. The Labute approximate surface area is 123 Å². The summed E-state index contributed by atoms with van der Waals surface area (Å²) < 4.78 is 18.6. The summed E-state index contributed by atoms with van der Waals surface area (Å²) in [5, 5.41) is 3.78. The van der Waals surface area contributed by atoms with Crippen molar-refractivity contribution in [2.24, 2.45) is 0 Å². The molecular formula is C16H17ClFNO. The van der Waals surface area contributed by atoms with E-state index in [1.165, 1.54) is 12.1 Å². The van der Waals surface area contributed by atoms with Gasteiger partial charge in [0.2, 0.25) is 0 Å². The van der Waals surface area contributed by atoms with E-state index in [1.54, 1.807) is 6.07 Å². The van der Waals surface area contributed by atoms with E-state index < -0.39 is 0 Å². The van der Waals surface area contributed by atoms with Crippen molar-refractivity contribution in [3.63, 3.8) is 0 Å². The van der Waals surface area contributed by atoms with Crippen LogP contribution in [-0.4, -0.2) is 6.61 Å². The van der Waals surface area contributed by atoms with Gasteiger partial charge in [0.05, 0.1) is 11.6 Å². The molecule has 0 saturated heterocycles. The maximum absolute atomic E-state index is 13.1. The lowest BCUT2D eigenvalue weighted by molar-refractivity contribution is 0.317. The molecule has 106 valence electrons. The lowest BCUT2D eigenvalue weighted by Gasteiger charge is -2.10. The number of ether oxygens (including phenoxy) is 1. The first-order valence-electron chi connectivity index (χ1n) is 6.59. The van der Waals surface area contributed by atoms with Crippen molar-refractivity contribution < 1.29 is 9.13 Å². The first kappa shape index (κ1) is 14.7. The fraction of sp³-hybridized carbons (Fsp3) is 0.250. The Morgan fingerprint density at radius 3 is 2.75 bits per heavy atom. The smallest absolute Gasteiger partial charge is 0.138 e. The summed E-state index contributed by atoms with van der Waals surface area (Å²) in [4.78, 5) is 0. The third-order valence-electron chi connectivity index (χ3n) is 2.78. The number of rotatable bonds is 6. The van der Waals surface area contributed by atoms with Gasteiger partial charge < -0.3 is 10.1 Å². The van der Waals surface area contributed by atoms with Crippen molar-refractivity contribution in [2.45, 2.75) is 19.9 Å². The maximum atomic E-state index is 13.1. The lowest BCUT2D eigenvalue weighted by atomic mass is 10.2. The van der Waals surface area contributed by atoms with Gasteiger partial charge in [0.15, 0.2) is 0 Å². The number of halogens is 2. The van der Waals surface area contributed by atoms with E-state index in [0.29, 0.717) is 23.9 Å². The van der Waals surface area contributed by atoms with Crippen LogP contribution in [0.25, 0.3) is 0 Å². The van der Waals surface area contributed by atoms with Gasteiger partial charge in [-0.2, -0.15) is 0 Å². The highest BCUT2D eigenvalue weighted by Gasteiger charge is 2.03. The van der Waals surface area contributed by atoms with Crippen LogP contribution in [0.5, 0.6) is 5.75 Å². The Bertz CT molecular complexity index is 574. The second-order valence-electron chi connectivity index (χ2n) is 4.48. The Morgan fingerprint density at radius 1 is 1.20 bits per heavy atom. The van der Waals surface area contributed by atoms with Gasteiger partial charge >= 0.3 is 0 Å². The van der Waals surface area contributed by atoms with E-state index in [1.807, 2.05) is 31.2 Å². The van der Waals surface area contributed by atoms with Crippen LogP contribution in [0.15, 0.2) is 42.5 Å². The highest BCUT2D eigenvalue weighted by atomic mass is 35.5. The normalized spacial score (nSPS) is 10.3. The summed E-state index contributed by atoms with van der Waals surface area (Å²) in [7, 11) is 0. The van der Waals surface area contributed by atoms with Gasteiger partial charge in [0.25, 0.3) is 0 Å². The molecule has 0 unspecified atom stereocenters. The number of nitrogens with one attached hydrogen (secondary N) is 1. The molecule has 0 aliphatic heterocycles. The van der Waals surface area contributed by atoms with Crippen LogP contribution < -0.4 is 10.1 Å². The molecule has 2 aromatic rings. The van der Waals surface area contributed by atoms with Gasteiger partial charge in [0.1, 0.15) is 11.6 Å². The first-order chi connectivity index (χ1) is 9.69. The number of benzene rings is 2. The molecule has 0 bridgehead atoms. The molecule has 0 atom stereocenters. The largest absolute Gasteiger partial charge is 0.492 e. The van der Waals surface area contributed by atoms with Crippen molar-refractivity contribution in [1.82, 2.24) is 0 Å². The molecule has 0 heterocycles. The van der Waals surface area contributed by atoms with Gasteiger partial charge in [0, 0.05) is 12.2 Å². The van der Waals surface area contributed by atoms with E-state index >= 15 is 0 Å². The summed E-state index contributed by atoms with van der Waals surface area (Å²) in [5.74, 6) is 0.454. The third-order valence-corrected chi connectivity index (χ3v) is 3.07. The van der Waals surface area contributed by atoms with Crippen molar-refractivity contribution in [3.8, 4) is 5.75 Å². The van der Waals surface area contributed by atoms with E-state index in [-0.39, 0.29) is 5.82 Å². The summed E-state index contributed by atoms with van der Waals surface area (Å²) in [6.07, 6.45) is 0.940. The third kappa shape index (κ3) is 4.14. The predicted molar refractivity (Wildman–Crippen MR) is 81.0 cm³/mol. The first-order valence-corrected chi connectivity index (χ1v) is 6.97. The Balaban J connectivity index is 1.98. The average molecular weight is 294 g/mol. The van der Waals surface area contributed by atoms with Crippen LogP contribution in [0.1, 0.15) is 18.9 Å². The summed E-state index contributed by atoms with van der Waals surface area (Å²) in [6.45, 7) is 3.24. The molecule has 0 aliphatic carbocycles. The molecule has 0 saturated carbocycles. The Hall–Kier alpha value is -1.74. The minimum atomic E-state index is -0.231. The van der Waals surface area contributed by atoms with E-state index in [4.69, 9.17) is 16.3 Å². The van der Waals surface area contributed by atoms with Gasteiger partial charge in [-0.15, -0.1) is 0 Å². The van der Waals surface area contributed by atoms with Crippen LogP contribution in [0.3, 0.4) is 0 Å². The zero-order valence-electron chi connectivity index (χ0n) is 11.3. The molecular weight excluding hydrogens is 277 g/mol. The highest BCUT2D eigenvalue weighted by Crippen LogP contribution is 2.28. The lowest BCUT2D eigenvalue weighted by Crippen LogP contribution is -2.00. The second kappa shape index (κ2) is 7.15. The highest BCUT2D eigenvalue weighted by molar-refractivity contribution is 6.32. The molecule has 0 radical (unpaired) electrons. The number of anilines is 1. The Morgan fingerprint density at radius 2 is 2.05 bits per heavy atom. The van der Waals surface area contributed by atoms with Gasteiger partial charge in [-0.1, -0.05) is 30.7 Å². The SMILES string of the molecule is CCCOc1ccc(NCc2cccc(F)c2)cc1Cl. The van der Waals surface area contributed by atoms with Gasteiger partial charge in [-0.05, 0) is 42.3 Å². The predicted octanol–water partition coefficient (Wildman–Crippen LogP) is 4.88. The van der Waals surface area contributed by atoms with Gasteiger partial charge in [-0.3, -0.25) is 0 Å². The fourth-order valence-corrected chi connectivity index (χ4v) is 2.03. The summed E-state index contributed by atoms with van der Waals surface area (Å²) >= 11 is 6.15. The molecule has 2 aromatic carbocycles. The molecule has 1 N–H and O–H groups in total. The molecule has 4 heteroatoms. The van der Waals surface area contributed by atoms with Crippen molar-refractivity contribution >= 4 is 17.3 Å². The van der Waals surface area contributed by atoms with E-state index in [2.05, 4.69) is 5.32 Å². The van der Waals surface area contributed by atoms with Crippen molar-refractivity contribution in [3.05, 3.63) is 58.9 Å².